The van der Waals surface area contributed by atoms with Crippen molar-refractivity contribution in [1.29, 1.82) is 0 Å². The lowest BCUT2D eigenvalue weighted by atomic mass is 10.1. The number of benzene rings is 2. The van der Waals surface area contributed by atoms with Crippen molar-refractivity contribution in [1.82, 2.24) is 9.97 Å². The van der Waals surface area contributed by atoms with Gasteiger partial charge in [0.1, 0.15) is 16.2 Å². The minimum Gasteiger partial charge on any atom is -0.438 e. The second kappa shape index (κ2) is 5.59. The Labute approximate surface area is 125 Å². The normalized spacial score (nSPS) is 10.7. The average Bonchev–Trinajstić information content (AvgIpc) is 2.47. The van der Waals surface area contributed by atoms with Gasteiger partial charge in [0.2, 0.25) is 5.88 Å². The molecule has 100 valence electrons. The van der Waals surface area contributed by atoms with Gasteiger partial charge in [-0.1, -0.05) is 43.3 Å². The van der Waals surface area contributed by atoms with E-state index in [9.17, 15) is 0 Å². The maximum atomic E-state index is 5.93. The smallest absolute Gasteiger partial charge is 0.223 e. The maximum Gasteiger partial charge on any atom is 0.223 e. The monoisotopic (exact) mass is 328 g/mol. The zero-order valence-electron chi connectivity index (χ0n) is 11.0. The summed E-state index contributed by atoms with van der Waals surface area (Å²) in [5.74, 6) is 2.12. The molecule has 1 heterocycles. The first-order chi connectivity index (χ1) is 9.76. The van der Waals surface area contributed by atoms with E-state index in [0.29, 0.717) is 5.88 Å². The summed E-state index contributed by atoms with van der Waals surface area (Å²) >= 11 is 3.39. The highest BCUT2D eigenvalue weighted by Crippen LogP contribution is 2.29. The number of halogens is 1. The quantitative estimate of drug-likeness (QED) is 0.651. The van der Waals surface area contributed by atoms with Crippen molar-refractivity contribution in [3.05, 3.63) is 59.0 Å². The average molecular weight is 329 g/mol. The number of hydrogen-bond acceptors (Lipinski definition) is 3. The van der Waals surface area contributed by atoms with Crippen molar-refractivity contribution in [3.63, 3.8) is 0 Å². The van der Waals surface area contributed by atoms with E-state index in [1.54, 1.807) is 6.07 Å². The van der Waals surface area contributed by atoms with Crippen LogP contribution < -0.4 is 4.74 Å². The number of aromatic nitrogens is 2. The molecule has 0 fully saturated rings. The van der Waals surface area contributed by atoms with Crippen LogP contribution in [0, 0.1) is 0 Å². The fourth-order valence-corrected chi connectivity index (χ4v) is 2.45. The fraction of sp³-hybridized carbons (Fsp3) is 0.125. The number of nitrogens with zero attached hydrogens (tertiary/aromatic N) is 2. The lowest BCUT2D eigenvalue weighted by Crippen LogP contribution is -1.96. The number of fused-ring (bicyclic) bond motifs is 1. The summed E-state index contributed by atoms with van der Waals surface area (Å²) in [6.07, 6.45) is 0.769. The van der Waals surface area contributed by atoms with Crippen LogP contribution in [0.1, 0.15) is 12.7 Å². The number of hydrogen-bond donors (Lipinski definition) is 0. The first-order valence-corrected chi connectivity index (χ1v) is 7.24. The van der Waals surface area contributed by atoms with E-state index in [2.05, 4.69) is 38.0 Å². The van der Waals surface area contributed by atoms with Crippen LogP contribution in [0.4, 0.5) is 0 Å². The summed E-state index contributed by atoms with van der Waals surface area (Å²) in [5.41, 5.74) is 0. The van der Waals surface area contributed by atoms with E-state index in [1.807, 2.05) is 37.3 Å². The van der Waals surface area contributed by atoms with Gasteiger partial charge in [-0.3, -0.25) is 0 Å². The molecule has 3 nitrogen and oxygen atoms in total. The SMILES string of the molecule is CCc1nc(Br)cc(Oc2cccc3ccccc23)n1. The van der Waals surface area contributed by atoms with Crippen molar-refractivity contribution in [2.75, 3.05) is 0 Å². The van der Waals surface area contributed by atoms with Crippen LogP contribution in [0.5, 0.6) is 11.6 Å². The third kappa shape index (κ3) is 2.65. The highest BCUT2D eigenvalue weighted by atomic mass is 79.9. The predicted molar refractivity (Wildman–Crippen MR) is 83.1 cm³/mol. The summed E-state index contributed by atoms with van der Waals surface area (Å²) in [5, 5.41) is 2.22. The predicted octanol–water partition coefficient (Wildman–Crippen LogP) is 4.75. The van der Waals surface area contributed by atoms with Crippen molar-refractivity contribution in [2.24, 2.45) is 0 Å². The molecule has 0 bridgehead atoms. The Morgan fingerprint density at radius 2 is 1.85 bits per heavy atom. The van der Waals surface area contributed by atoms with Crippen LogP contribution in [-0.2, 0) is 6.42 Å². The zero-order valence-corrected chi connectivity index (χ0v) is 12.6. The van der Waals surface area contributed by atoms with E-state index in [1.165, 1.54) is 0 Å². The number of rotatable bonds is 3. The van der Waals surface area contributed by atoms with Crippen LogP contribution in [-0.4, -0.2) is 9.97 Å². The molecular weight excluding hydrogens is 316 g/mol. The lowest BCUT2D eigenvalue weighted by Gasteiger charge is -2.09. The molecule has 0 radical (unpaired) electrons. The summed E-state index contributed by atoms with van der Waals surface area (Å²) in [6.45, 7) is 2.02. The molecule has 0 aliphatic rings. The van der Waals surface area contributed by atoms with E-state index in [-0.39, 0.29) is 0 Å². The Balaban J connectivity index is 2.03. The van der Waals surface area contributed by atoms with Crippen LogP contribution in [0.25, 0.3) is 10.8 Å². The van der Waals surface area contributed by atoms with Gasteiger partial charge in [0, 0.05) is 17.9 Å². The molecule has 0 saturated carbocycles. The minimum absolute atomic E-state index is 0.556. The molecule has 3 aromatic rings. The molecule has 0 atom stereocenters. The molecule has 0 aliphatic heterocycles. The first-order valence-electron chi connectivity index (χ1n) is 6.45. The van der Waals surface area contributed by atoms with Crippen LogP contribution in [0.15, 0.2) is 53.1 Å². The molecule has 0 unspecified atom stereocenters. The highest BCUT2D eigenvalue weighted by molar-refractivity contribution is 9.10. The summed E-state index contributed by atoms with van der Waals surface area (Å²) in [7, 11) is 0. The van der Waals surface area contributed by atoms with Gasteiger partial charge in [0.05, 0.1) is 0 Å². The zero-order chi connectivity index (χ0) is 13.9. The molecule has 0 spiro atoms. The van der Waals surface area contributed by atoms with Crippen LogP contribution in [0.3, 0.4) is 0 Å². The van der Waals surface area contributed by atoms with Gasteiger partial charge < -0.3 is 4.74 Å². The third-order valence-corrected chi connectivity index (χ3v) is 3.40. The van der Waals surface area contributed by atoms with E-state index >= 15 is 0 Å². The first kappa shape index (κ1) is 13.1. The van der Waals surface area contributed by atoms with Gasteiger partial charge in [-0.15, -0.1) is 0 Å². The second-order valence-corrected chi connectivity index (χ2v) is 5.19. The summed E-state index contributed by atoms with van der Waals surface area (Å²) in [4.78, 5) is 8.67. The van der Waals surface area contributed by atoms with Crippen LogP contribution >= 0.6 is 15.9 Å². The summed E-state index contributed by atoms with van der Waals surface area (Å²) < 4.78 is 6.67. The summed E-state index contributed by atoms with van der Waals surface area (Å²) in [6, 6.07) is 15.9. The topological polar surface area (TPSA) is 35.0 Å². The molecule has 4 heteroatoms. The largest absolute Gasteiger partial charge is 0.438 e. The second-order valence-electron chi connectivity index (χ2n) is 4.38. The number of ether oxygens (including phenoxy) is 1. The van der Waals surface area contributed by atoms with E-state index in [4.69, 9.17) is 4.74 Å². The molecule has 20 heavy (non-hydrogen) atoms. The molecule has 0 saturated heterocycles. The van der Waals surface area contributed by atoms with Gasteiger partial charge in [-0.2, -0.15) is 4.98 Å². The minimum atomic E-state index is 0.556. The van der Waals surface area contributed by atoms with E-state index in [0.717, 1.165) is 33.4 Å². The van der Waals surface area contributed by atoms with Crippen molar-refractivity contribution >= 4 is 26.7 Å². The fourth-order valence-electron chi connectivity index (χ4n) is 2.05. The molecule has 0 aliphatic carbocycles. The molecule has 0 N–H and O–H groups in total. The Bertz CT molecular complexity index is 753. The molecule has 0 amide bonds. The Hall–Kier alpha value is -1.94. The Kier molecular flexibility index (Phi) is 3.65. The van der Waals surface area contributed by atoms with Gasteiger partial charge in [0.15, 0.2) is 0 Å². The number of aryl methyl sites for hydroxylation is 1. The van der Waals surface area contributed by atoms with Crippen molar-refractivity contribution < 1.29 is 4.74 Å². The van der Waals surface area contributed by atoms with Gasteiger partial charge in [-0.05, 0) is 27.4 Å². The third-order valence-electron chi connectivity index (χ3n) is 3.00. The van der Waals surface area contributed by atoms with Gasteiger partial charge in [0.25, 0.3) is 0 Å². The van der Waals surface area contributed by atoms with Crippen molar-refractivity contribution in [2.45, 2.75) is 13.3 Å². The van der Waals surface area contributed by atoms with Crippen LogP contribution in [0.2, 0.25) is 0 Å². The highest BCUT2D eigenvalue weighted by Gasteiger charge is 2.06. The molecule has 1 aromatic heterocycles. The van der Waals surface area contributed by atoms with Crippen molar-refractivity contribution in [3.8, 4) is 11.6 Å². The van der Waals surface area contributed by atoms with Gasteiger partial charge in [-0.25, -0.2) is 4.98 Å². The van der Waals surface area contributed by atoms with Gasteiger partial charge >= 0.3 is 0 Å². The Morgan fingerprint density at radius 1 is 1.05 bits per heavy atom. The molecule has 2 aromatic carbocycles. The Morgan fingerprint density at radius 3 is 2.70 bits per heavy atom. The lowest BCUT2D eigenvalue weighted by molar-refractivity contribution is 0.463. The molecule has 3 rings (SSSR count). The molecular formula is C16H13BrN2O. The maximum absolute atomic E-state index is 5.93. The standard InChI is InChI=1S/C16H13BrN2O/c1-2-15-18-14(17)10-16(19-15)20-13-9-5-7-11-6-3-4-8-12(11)13/h3-10H,2H2,1H3. The van der Waals surface area contributed by atoms with E-state index < -0.39 is 0 Å².